The summed E-state index contributed by atoms with van der Waals surface area (Å²) >= 11 is 0. The molecule has 3 aromatic rings. The van der Waals surface area contributed by atoms with Crippen LogP contribution in [0.25, 0.3) is 5.69 Å². The molecule has 0 aliphatic carbocycles. The highest BCUT2D eigenvalue weighted by Gasteiger charge is 2.12. The van der Waals surface area contributed by atoms with Gasteiger partial charge in [-0.2, -0.15) is 0 Å². The number of nitrogens with zero attached hydrogens (tertiary/aromatic N) is 4. The lowest BCUT2D eigenvalue weighted by atomic mass is 10.00. The van der Waals surface area contributed by atoms with E-state index >= 15 is 0 Å². The highest BCUT2D eigenvalue weighted by Crippen LogP contribution is 2.17. The lowest BCUT2D eigenvalue weighted by Crippen LogP contribution is -2.26. The molecule has 0 saturated heterocycles. The third-order valence-electron chi connectivity index (χ3n) is 4.19. The van der Waals surface area contributed by atoms with Gasteiger partial charge in [-0.05, 0) is 59.0 Å². The Hall–Kier alpha value is -3.02. The van der Waals surface area contributed by atoms with E-state index in [1.807, 2.05) is 19.1 Å². The Morgan fingerprint density at radius 3 is 2.54 bits per heavy atom. The first-order valence-electron chi connectivity index (χ1n) is 8.76. The smallest absolute Gasteiger partial charge is 0.251 e. The lowest BCUT2D eigenvalue weighted by molar-refractivity contribution is 0.0940. The van der Waals surface area contributed by atoms with Crippen molar-refractivity contribution in [3.05, 3.63) is 71.5 Å². The van der Waals surface area contributed by atoms with Gasteiger partial charge in [0.2, 0.25) is 0 Å². The maximum atomic E-state index is 12.6. The van der Waals surface area contributed by atoms with Crippen LogP contribution in [0.3, 0.4) is 0 Å². The summed E-state index contributed by atoms with van der Waals surface area (Å²) in [5.74, 6) is 0.504. The van der Waals surface area contributed by atoms with Gasteiger partial charge in [0.05, 0.1) is 11.7 Å². The van der Waals surface area contributed by atoms with Crippen molar-refractivity contribution in [3.8, 4) is 5.69 Å². The number of amides is 1. The van der Waals surface area contributed by atoms with Crippen molar-refractivity contribution in [1.29, 1.82) is 0 Å². The van der Waals surface area contributed by atoms with Gasteiger partial charge in [0, 0.05) is 5.56 Å². The second-order valence-electron chi connectivity index (χ2n) is 6.84. The Balaban J connectivity index is 1.68. The van der Waals surface area contributed by atoms with E-state index in [1.165, 1.54) is 16.6 Å². The normalized spacial score (nSPS) is 12.2. The van der Waals surface area contributed by atoms with E-state index in [0.29, 0.717) is 11.5 Å². The molecule has 0 bridgehead atoms. The van der Waals surface area contributed by atoms with Crippen LogP contribution < -0.4 is 5.32 Å². The zero-order chi connectivity index (χ0) is 18.5. The Labute approximate surface area is 153 Å². The number of benzene rings is 2. The molecule has 1 aromatic heterocycles. The summed E-state index contributed by atoms with van der Waals surface area (Å²) in [6.07, 6.45) is 2.56. The molecule has 6 heteroatoms. The van der Waals surface area contributed by atoms with Gasteiger partial charge in [0.25, 0.3) is 5.91 Å². The lowest BCUT2D eigenvalue weighted by Gasteiger charge is -2.15. The Morgan fingerprint density at radius 1 is 1.12 bits per heavy atom. The van der Waals surface area contributed by atoms with E-state index in [2.05, 4.69) is 59.0 Å². The van der Waals surface area contributed by atoms with Crippen molar-refractivity contribution < 1.29 is 4.79 Å². The van der Waals surface area contributed by atoms with Crippen LogP contribution in [-0.4, -0.2) is 26.1 Å². The highest BCUT2D eigenvalue weighted by atomic mass is 16.1. The Morgan fingerprint density at radius 2 is 1.88 bits per heavy atom. The molecule has 26 heavy (non-hydrogen) atoms. The average molecular weight is 349 g/mol. The molecule has 0 aliphatic heterocycles. The van der Waals surface area contributed by atoms with Crippen LogP contribution in [-0.2, 0) is 6.42 Å². The minimum Gasteiger partial charge on any atom is -0.346 e. The fourth-order valence-corrected chi connectivity index (χ4v) is 2.85. The molecule has 2 aromatic carbocycles. The fourth-order valence-electron chi connectivity index (χ4n) is 2.85. The second-order valence-corrected chi connectivity index (χ2v) is 6.84. The molecule has 134 valence electrons. The first-order valence-corrected chi connectivity index (χ1v) is 8.76. The summed E-state index contributed by atoms with van der Waals surface area (Å²) < 4.78 is 1.52. The quantitative estimate of drug-likeness (QED) is 0.741. The molecule has 1 unspecified atom stereocenters. The fraction of sp³-hybridized carbons (Fsp3) is 0.300. The van der Waals surface area contributed by atoms with Crippen molar-refractivity contribution in [2.24, 2.45) is 5.92 Å². The third kappa shape index (κ3) is 4.33. The number of nitrogens with one attached hydrogen (secondary N) is 1. The molecule has 0 fully saturated rings. The van der Waals surface area contributed by atoms with Crippen LogP contribution in [0.4, 0.5) is 0 Å². The molecule has 1 N–H and O–H groups in total. The topological polar surface area (TPSA) is 72.7 Å². The molecule has 1 heterocycles. The molecule has 0 saturated carbocycles. The summed E-state index contributed by atoms with van der Waals surface area (Å²) in [6, 6.07) is 15.6. The molecule has 0 spiro atoms. The number of tetrazole rings is 1. The highest BCUT2D eigenvalue weighted by molar-refractivity contribution is 5.95. The molecule has 3 rings (SSSR count). The van der Waals surface area contributed by atoms with E-state index in [-0.39, 0.29) is 11.9 Å². The number of carbonyl (C=O) groups excluding carboxylic acids is 1. The van der Waals surface area contributed by atoms with Gasteiger partial charge < -0.3 is 5.32 Å². The number of aromatic nitrogens is 4. The first-order chi connectivity index (χ1) is 12.5. The minimum absolute atomic E-state index is 0.0766. The van der Waals surface area contributed by atoms with Crippen LogP contribution >= 0.6 is 0 Å². The summed E-state index contributed by atoms with van der Waals surface area (Å²) in [6.45, 7) is 6.40. The van der Waals surface area contributed by atoms with Crippen LogP contribution in [0.1, 0.15) is 48.3 Å². The van der Waals surface area contributed by atoms with Crippen molar-refractivity contribution in [2.45, 2.75) is 33.2 Å². The van der Waals surface area contributed by atoms with Crippen LogP contribution in [0, 0.1) is 5.92 Å². The second kappa shape index (κ2) is 7.91. The van der Waals surface area contributed by atoms with Gasteiger partial charge in [-0.15, -0.1) is 5.10 Å². The summed E-state index contributed by atoms with van der Waals surface area (Å²) in [5, 5.41) is 14.1. The van der Waals surface area contributed by atoms with Crippen molar-refractivity contribution >= 4 is 5.91 Å². The van der Waals surface area contributed by atoms with Gasteiger partial charge in [-0.1, -0.05) is 44.2 Å². The van der Waals surface area contributed by atoms with Gasteiger partial charge in [0.1, 0.15) is 6.33 Å². The molecule has 0 aliphatic rings. The van der Waals surface area contributed by atoms with Crippen molar-refractivity contribution in [3.63, 3.8) is 0 Å². The van der Waals surface area contributed by atoms with Crippen molar-refractivity contribution in [2.75, 3.05) is 0 Å². The predicted octanol–water partition coefficient (Wildman–Crippen LogP) is 3.35. The van der Waals surface area contributed by atoms with E-state index < -0.39 is 0 Å². The third-order valence-corrected chi connectivity index (χ3v) is 4.19. The van der Waals surface area contributed by atoms with E-state index in [0.717, 1.165) is 17.7 Å². The monoisotopic (exact) mass is 349 g/mol. The molecule has 0 radical (unpaired) electrons. The van der Waals surface area contributed by atoms with E-state index in [9.17, 15) is 4.79 Å². The maximum Gasteiger partial charge on any atom is 0.251 e. The Bertz CT molecular complexity index is 856. The summed E-state index contributed by atoms with van der Waals surface area (Å²) in [5.41, 5.74) is 3.72. The maximum absolute atomic E-state index is 12.6. The number of carbonyl (C=O) groups is 1. The summed E-state index contributed by atoms with van der Waals surface area (Å²) in [4.78, 5) is 12.6. The minimum atomic E-state index is -0.126. The zero-order valence-corrected chi connectivity index (χ0v) is 15.3. The molecular weight excluding hydrogens is 326 g/mol. The molecular formula is C20H23N5O. The number of rotatable bonds is 6. The van der Waals surface area contributed by atoms with Gasteiger partial charge in [-0.3, -0.25) is 4.79 Å². The SMILES string of the molecule is CC(C)Cc1ccc(C(C)NC(=O)c2cccc(-n3cnnn3)c2)cc1. The van der Waals surface area contributed by atoms with Gasteiger partial charge in [-0.25, -0.2) is 4.68 Å². The average Bonchev–Trinajstić information content (AvgIpc) is 3.16. The van der Waals surface area contributed by atoms with Crippen LogP contribution in [0.2, 0.25) is 0 Å². The van der Waals surface area contributed by atoms with E-state index in [4.69, 9.17) is 0 Å². The van der Waals surface area contributed by atoms with Gasteiger partial charge >= 0.3 is 0 Å². The van der Waals surface area contributed by atoms with Crippen molar-refractivity contribution in [1.82, 2.24) is 25.5 Å². The molecule has 1 amide bonds. The molecule has 6 nitrogen and oxygen atoms in total. The predicted molar refractivity (Wildman–Crippen MR) is 100 cm³/mol. The van der Waals surface area contributed by atoms with Crippen LogP contribution in [0.15, 0.2) is 54.9 Å². The van der Waals surface area contributed by atoms with Gasteiger partial charge in [0.15, 0.2) is 0 Å². The first kappa shape index (κ1) is 17.8. The standard InChI is InChI=1S/C20H23N5O/c1-14(2)11-16-7-9-17(10-8-16)15(3)22-20(26)18-5-4-6-19(12-18)25-13-21-23-24-25/h4-10,12-15H,11H2,1-3H3,(H,22,26). The Kier molecular flexibility index (Phi) is 5.41. The molecule has 1 atom stereocenters. The number of hydrogen-bond acceptors (Lipinski definition) is 4. The summed E-state index contributed by atoms with van der Waals surface area (Å²) in [7, 11) is 0. The zero-order valence-electron chi connectivity index (χ0n) is 15.3. The van der Waals surface area contributed by atoms with E-state index in [1.54, 1.807) is 12.1 Å². The number of hydrogen-bond donors (Lipinski definition) is 1. The van der Waals surface area contributed by atoms with Crippen LogP contribution in [0.5, 0.6) is 0 Å². The largest absolute Gasteiger partial charge is 0.346 e.